The third-order valence-electron chi connectivity index (χ3n) is 7.41. The van der Waals surface area contributed by atoms with Crippen molar-refractivity contribution in [2.75, 3.05) is 19.7 Å². The Balaban J connectivity index is 1.20. The fourth-order valence-corrected chi connectivity index (χ4v) is 5.30. The molecule has 2 aromatic rings. The number of fused-ring (bicyclic) bond motifs is 3. The highest BCUT2D eigenvalue weighted by Crippen LogP contribution is 2.44. The van der Waals surface area contributed by atoms with Gasteiger partial charge in [0.15, 0.2) is 0 Å². The minimum Gasteiger partial charge on any atom is -0.449 e. The van der Waals surface area contributed by atoms with Crippen molar-refractivity contribution in [2.24, 2.45) is 0 Å². The number of unbranched alkanes of at least 4 members (excludes halogenated alkanes) is 9. The molecule has 1 aliphatic rings. The van der Waals surface area contributed by atoms with E-state index in [1.165, 1.54) is 80.0 Å². The van der Waals surface area contributed by atoms with Crippen LogP contribution in [0, 0.1) is 0 Å². The Bertz CT molecular complexity index is 852. The van der Waals surface area contributed by atoms with Crippen molar-refractivity contribution in [3.05, 3.63) is 59.7 Å². The topological polar surface area (TPSA) is 50.4 Å². The summed E-state index contributed by atoms with van der Waals surface area (Å²) in [6.07, 6.45) is 15.3. The Kier molecular flexibility index (Phi) is 12.9. The molecule has 3 rings (SSSR count). The number of ether oxygens (including phenoxy) is 1. The van der Waals surface area contributed by atoms with Gasteiger partial charge in [-0.15, -0.1) is 0 Å². The third-order valence-corrected chi connectivity index (χ3v) is 7.41. The highest BCUT2D eigenvalue weighted by Gasteiger charge is 2.29. The van der Waals surface area contributed by atoms with Gasteiger partial charge in [0.05, 0.1) is 0 Å². The lowest BCUT2D eigenvalue weighted by Gasteiger charge is -2.17. The van der Waals surface area contributed by atoms with Crippen molar-refractivity contribution < 1.29 is 9.53 Å². The number of hydrogen-bond donors (Lipinski definition) is 2. The molecule has 0 spiro atoms. The van der Waals surface area contributed by atoms with Crippen molar-refractivity contribution in [2.45, 2.75) is 103 Å². The molecule has 198 valence electrons. The van der Waals surface area contributed by atoms with Gasteiger partial charge < -0.3 is 15.4 Å². The van der Waals surface area contributed by atoms with Crippen LogP contribution in [-0.4, -0.2) is 31.8 Å². The Morgan fingerprint density at radius 3 is 1.92 bits per heavy atom. The number of amides is 1. The molecule has 1 atom stereocenters. The van der Waals surface area contributed by atoms with Gasteiger partial charge in [-0.2, -0.15) is 0 Å². The fourth-order valence-electron chi connectivity index (χ4n) is 5.30. The zero-order chi connectivity index (χ0) is 25.4. The van der Waals surface area contributed by atoms with Gasteiger partial charge in [-0.3, -0.25) is 0 Å². The first-order chi connectivity index (χ1) is 17.7. The minimum absolute atomic E-state index is 0.107. The SMILES string of the molecule is CCCCCCCCCCCNCCCCC(C)NC(=O)OCC1c2ccccc2-c2ccccc21. The molecule has 1 amide bonds. The molecule has 0 aromatic heterocycles. The lowest BCUT2D eigenvalue weighted by atomic mass is 9.98. The molecular weight excluding hydrogens is 444 g/mol. The molecule has 0 saturated carbocycles. The molecule has 4 nitrogen and oxygen atoms in total. The zero-order valence-corrected chi connectivity index (χ0v) is 22.7. The van der Waals surface area contributed by atoms with Crippen LogP contribution in [0.2, 0.25) is 0 Å². The van der Waals surface area contributed by atoms with E-state index in [-0.39, 0.29) is 18.1 Å². The average molecular weight is 493 g/mol. The van der Waals surface area contributed by atoms with Crippen molar-refractivity contribution in [1.82, 2.24) is 10.6 Å². The lowest BCUT2D eigenvalue weighted by Crippen LogP contribution is -2.34. The maximum absolute atomic E-state index is 12.4. The maximum Gasteiger partial charge on any atom is 0.407 e. The van der Waals surface area contributed by atoms with Gasteiger partial charge in [0.2, 0.25) is 0 Å². The number of carbonyl (C=O) groups is 1. The second-order valence-corrected chi connectivity index (χ2v) is 10.4. The first kappa shape index (κ1) is 28.2. The van der Waals surface area contributed by atoms with Gasteiger partial charge in [0.25, 0.3) is 0 Å². The largest absolute Gasteiger partial charge is 0.449 e. The standard InChI is InChI=1S/C32H48N2O2/c1-3-4-5-6-7-8-9-10-16-23-33-24-17-15-18-26(2)34-32(35)36-25-31-29-21-13-11-19-27(29)28-20-12-14-22-30(28)31/h11-14,19-22,26,31,33H,3-10,15-18,23-25H2,1-2H3,(H,34,35). The summed E-state index contributed by atoms with van der Waals surface area (Å²) < 4.78 is 5.67. The first-order valence-corrected chi connectivity index (χ1v) is 14.5. The number of carbonyl (C=O) groups excluding carboxylic acids is 1. The summed E-state index contributed by atoms with van der Waals surface area (Å²) in [7, 11) is 0. The van der Waals surface area contributed by atoms with E-state index in [1.54, 1.807) is 0 Å². The van der Waals surface area contributed by atoms with Crippen LogP contribution < -0.4 is 10.6 Å². The molecule has 2 N–H and O–H groups in total. The number of nitrogens with one attached hydrogen (secondary N) is 2. The number of rotatable bonds is 18. The highest BCUT2D eigenvalue weighted by atomic mass is 16.5. The number of hydrogen-bond acceptors (Lipinski definition) is 3. The van der Waals surface area contributed by atoms with Gasteiger partial charge in [0, 0.05) is 12.0 Å². The van der Waals surface area contributed by atoms with Gasteiger partial charge in [0.1, 0.15) is 6.61 Å². The normalized spacial score (nSPS) is 13.3. The van der Waals surface area contributed by atoms with Crippen molar-refractivity contribution in [3.8, 4) is 11.1 Å². The van der Waals surface area contributed by atoms with E-state index in [2.05, 4.69) is 73.0 Å². The molecule has 0 aliphatic heterocycles. The molecular formula is C32H48N2O2. The average Bonchev–Trinajstić information content (AvgIpc) is 3.21. The van der Waals surface area contributed by atoms with E-state index in [9.17, 15) is 4.79 Å². The predicted octanol–water partition coefficient (Wildman–Crippen LogP) is 8.20. The Morgan fingerprint density at radius 2 is 1.31 bits per heavy atom. The molecule has 0 radical (unpaired) electrons. The van der Waals surface area contributed by atoms with Crippen LogP contribution in [0.1, 0.15) is 108 Å². The van der Waals surface area contributed by atoms with Crippen molar-refractivity contribution in [1.29, 1.82) is 0 Å². The molecule has 2 aromatic carbocycles. The first-order valence-electron chi connectivity index (χ1n) is 14.5. The maximum atomic E-state index is 12.4. The zero-order valence-electron chi connectivity index (χ0n) is 22.7. The number of alkyl carbamates (subject to hydrolysis) is 1. The van der Waals surface area contributed by atoms with Crippen LogP contribution in [0.3, 0.4) is 0 Å². The summed E-state index contributed by atoms with van der Waals surface area (Å²) in [5, 5.41) is 6.59. The van der Waals surface area contributed by atoms with Gasteiger partial charge >= 0.3 is 6.09 Å². The summed E-state index contributed by atoms with van der Waals surface area (Å²) in [4.78, 5) is 12.4. The van der Waals surface area contributed by atoms with Crippen LogP contribution in [0.15, 0.2) is 48.5 Å². The Morgan fingerprint density at radius 1 is 0.778 bits per heavy atom. The van der Waals surface area contributed by atoms with Crippen LogP contribution in [0.4, 0.5) is 4.79 Å². The monoisotopic (exact) mass is 492 g/mol. The smallest absolute Gasteiger partial charge is 0.407 e. The second-order valence-electron chi connectivity index (χ2n) is 10.4. The van der Waals surface area contributed by atoms with E-state index in [0.29, 0.717) is 6.61 Å². The molecule has 0 bridgehead atoms. The number of benzene rings is 2. The molecule has 4 heteroatoms. The quantitative estimate of drug-likeness (QED) is 0.206. The summed E-state index contributed by atoms with van der Waals surface area (Å²) >= 11 is 0. The van der Waals surface area contributed by atoms with Gasteiger partial charge in [-0.05, 0) is 61.5 Å². The third kappa shape index (κ3) is 9.28. The fraction of sp³-hybridized carbons (Fsp3) is 0.594. The van der Waals surface area contributed by atoms with Crippen LogP contribution in [0.5, 0.6) is 0 Å². The summed E-state index contributed by atoms with van der Waals surface area (Å²) in [5.41, 5.74) is 4.99. The minimum atomic E-state index is -0.312. The van der Waals surface area contributed by atoms with Crippen LogP contribution in [-0.2, 0) is 4.74 Å². The molecule has 0 heterocycles. The Labute approximate surface area is 219 Å². The summed E-state index contributed by atoms with van der Waals surface area (Å²) in [6.45, 7) is 6.91. The van der Waals surface area contributed by atoms with Gasteiger partial charge in [-0.1, -0.05) is 113 Å². The molecule has 1 aliphatic carbocycles. The van der Waals surface area contributed by atoms with E-state index in [4.69, 9.17) is 4.74 Å². The summed E-state index contributed by atoms with van der Waals surface area (Å²) in [5.74, 6) is 0.107. The van der Waals surface area contributed by atoms with Crippen molar-refractivity contribution >= 4 is 6.09 Å². The molecule has 0 saturated heterocycles. The van der Waals surface area contributed by atoms with E-state index in [1.807, 2.05) is 0 Å². The van der Waals surface area contributed by atoms with E-state index >= 15 is 0 Å². The van der Waals surface area contributed by atoms with E-state index < -0.39 is 0 Å². The van der Waals surface area contributed by atoms with Crippen LogP contribution in [0.25, 0.3) is 11.1 Å². The summed E-state index contributed by atoms with van der Waals surface area (Å²) in [6, 6.07) is 17.0. The molecule has 36 heavy (non-hydrogen) atoms. The Hall–Kier alpha value is -2.33. The van der Waals surface area contributed by atoms with Crippen LogP contribution >= 0.6 is 0 Å². The van der Waals surface area contributed by atoms with Gasteiger partial charge in [-0.25, -0.2) is 4.79 Å². The predicted molar refractivity (Wildman–Crippen MR) is 152 cm³/mol. The molecule has 0 fully saturated rings. The van der Waals surface area contributed by atoms with Crippen molar-refractivity contribution in [3.63, 3.8) is 0 Å². The molecule has 1 unspecified atom stereocenters. The second kappa shape index (κ2) is 16.4. The van der Waals surface area contributed by atoms with E-state index in [0.717, 1.165) is 32.4 Å². The lowest BCUT2D eigenvalue weighted by molar-refractivity contribution is 0.139. The highest BCUT2D eigenvalue weighted by molar-refractivity contribution is 5.79.